The molecule has 25 heavy (non-hydrogen) atoms. The van der Waals surface area contributed by atoms with E-state index in [0.717, 1.165) is 11.8 Å². The maximum atomic E-state index is 12.3. The number of hydrogen-bond acceptors (Lipinski definition) is 7. The molecule has 0 spiro atoms. The molecule has 1 aliphatic heterocycles. The van der Waals surface area contributed by atoms with Crippen molar-refractivity contribution in [3.8, 4) is 11.5 Å². The second kappa shape index (κ2) is 8.42. The lowest BCUT2D eigenvalue weighted by Gasteiger charge is -2.09. The van der Waals surface area contributed by atoms with E-state index in [0.29, 0.717) is 5.56 Å². The monoisotopic (exact) mass is 373 g/mol. The van der Waals surface area contributed by atoms with E-state index in [9.17, 15) is 18.4 Å². The number of benzene rings is 1. The third kappa shape index (κ3) is 5.41. The maximum Gasteiger partial charge on any atom is 0.387 e. The summed E-state index contributed by atoms with van der Waals surface area (Å²) in [4.78, 5) is 22.2. The van der Waals surface area contributed by atoms with E-state index in [1.807, 2.05) is 0 Å². The zero-order valence-corrected chi connectivity index (χ0v) is 13.6. The van der Waals surface area contributed by atoms with Gasteiger partial charge in [-0.1, -0.05) is 11.8 Å². The summed E-state index contributed by atoms with van der Waals surface area (Å²) in [6, 6.07) is 4.20. The quantitative estimate of drug-likeness (QED) is 0.556. The van der Waals surface area contributed by atoms with Crippen LogP contribution in [0.3, 0.4) is 0 Å². The SMILES string of the molecule is COc1cc(C=NN=C2NC(=O)C(CC(=O)O)S2)ccc1OC(F)F. The predicted octanol–water partition coefficient (Wildman–Crippen LogP) is 1.69. The third-order valence-corrected chi connectivity index (χ3v) is 3.97. The number of carboxylic acids is 1. The fourth-order valence-electron chi connectivity index (χ4n) is 1.85. The number of aliphatic carboxylic acids is 1. The van der Waals surface area contributed by atoms with Crippen LogP contribution in [0, 0.1) is 0 Å². The average Bonchev–Trinajstić information content (AvgIpc) is 2.87. The molecule has 0 saturated carbocycles. The largest absolute Gasteiger partial charge is 0.493 e. The van der Waals surface area contributed by atoms with Crippen molar-refractivity contribution >= 4 is 35.0 Å². The molecule has 1 aliphatic rings. The van der Waals surface area contributed by atoms with Crippen molar-refractivity contribution < 1.29 is 33.0 Å². The molecule has 1 aromatic carbocycles. The first-order valence-corrected chi connectivity index (χ1v) is 7.70. The lowest BCUT2D eigenvalue weighted by atomic mass is 10.2. The van der Waals surface area contributed by atoms with Crippen LogP contribution >= 0.6 is 11.8 Å². The Morgan fingerprint density at radius 2 is 2.24 bits per heavy atom. The Hall–Kier alpha value is -2.69. The molecule has 134 valence electrons. The molecular formula is C14H13F2N3O5S. The summed E-state index contributed by atoms with van der Waals surface area (Å²) >= 11 is 0.966. The van der Waals surface area contributed by atoms with Crippen molar-refractivity contribution in [1.82, 2.24) is 5.32 Å². The number of nitrogens with one attached hydrogen (secondary N) is 1. The van der Waals surface area contributed by atoms with Crippen molar-refractivity contribution in [1.29, 1.82) is 0 Å². The molecule has 1 atom stereocenters. The van der Waals surface area contributed by atoms with Crippen LogP contribution in [0.25, 0.3) is 0 Å². The van der Waals surface area contributed by atoms with Crippen LogP contribution in [0.5, 0.6) is 11.5 Å². The summed E-state index contributed by atoms with van der Waals surface area (Å²) in [6.45, 7) is -2.97. The van der Waals surface area contributed by atoms with Gasteiger partial charge in [0.15, 0.2) is 16.7 Å². The van der Waals surface area contributed by atoms with Gasteiger partial charge in [0.05, 0.1) is 19.7 Å². The highest BCUT2D eigenvalue weighted by atomic mass is 32.2. The zero-order valence-electron chi connectivity index (χ0n) is 12.8. The van der Waals surface area contributed by atoms with E-state index in [2.05, 4.69) is 20.3 Å². The van der Waals surface area contributed by atoms with Gasteiger partial charge in [0, 0.05) is 0 Å². The number of carbonyl (C=O) groups is 2. The summed E-state index contributed by atoms with van der Waals surface area (Å²) in [5.41, 5.74) is 0.499. The molecule has 0 aliphatic carbocycles. The van der Waals surface area contributed by atoms with E-state index in [1.54, 1.807) is 0 Å². The Kier molecular flexibility index (Phi) is 6.28. The van der Waals surface area contributed by atoms with Crippen LogP contribution in [0.15, 0.2) is 28.4 Å². The number of alkyl halides is 2. The molecule has 1 aromatic rings. The second-order valence-electron chi connectivity index (χ2n) is 4.63. The van der Waals surface area contributed by atoms with Gasteiger partial charge in [0.2, 0.25) is 5.91 Å². The summed E-state index contributed by atoms with van der Waals surface area (Å²) in [7, 11) is 1.31. The minimum atomic E-state index is -2.97. The number of ether oxygens (including phenoxy) is 2. The standard InChI is InChI=1S/C14H13F2N3O5S/c1-23-9-4-7(2-3-8(9)24-13(15)16)6-17-19-14-18-12(22)10(25-14)5-11(20)21/h2-4,6,10,13H,5H2,1H3,(H,20,21)(H,18,19,22). The van der Waals surface area contributed by atoms with Gasteiger partial charge in [-0.3, -0.25) is 9.59 Å². The Morgan fingerprint density at radius 3 is 2.88 bits per heavy atom. The summed E-state index contributed by atoms with van der Waals surface area (Å²) in [5, 5.41) is 18.1. The number of halogens is 2. The van der Waals surface area contributed by atoms with Crippen molar-refractivity contribution in [2.24, 2.45) is 10.2 Å². The summed E-state index contributed by atoms with van der Waals surface area (Å²) < 4.78 is 33.8. The molecule has 1 amide bonds. The highest BCUT2D eigenvalue weighted by Gasteiger charge is 2.32. The van der Waals surface area contributed by atoms with E-state index in [1.165, 1.54) is 31.5 Å². The van der Waals surface area contributed by atoms with Gasteiger partial charge in [0.1, 0.15) is 5.25 Å². The first-order valence-electron chi connectivity index (χ1n) is 6.82. The Morgan fingerprint density at radius 1 is 1.48 bits per heavy atom. The minimum absolute atomic E-state index is 0.0990. The predicted molar refractivity (Wildman–Crippen MR) is 86.4 cm³/mol. The molecule has 11 heteroatoms. The molecular weight excluding hydrogens is 360 g/mol. The van der Waals surface area contributed by atoms with Gasteiger partial charge in [-0.15, -0.1) is 5.10 Å². The smallest absolute Gasteiger partial charge is 0.387 e. The fourth-order valence-corrected chi connectivity index (χ4v) is 2.77. The van der Waals surface area contributed by atoms with Crippen molar-refractivity contribution in [2.75, 3.05) is 7.11 Å². The molecule has 0 aromatic heterocycles. The number of rotatable bonds is 7. The minimum Gasteiger partial charge on any atom is -0.493 e. The van der Waals surface area contributed by atoms with Crippen LogP contribution < -0.4 is 14.8 Å². The highest BCUT2D eigenvalue weighted by molar-refractivity contribution is 8.15. The third-order valence-electron chi connectivity index (χ3n) is 2.90. The fraction of sp³-hybridized carbons (Fsp3) is 0.286. The van der Waals surface area contributed by atoms with Gasteiger partial charge >= 0.3 is 12.6 Å². The number of thioether (sulfide) groups is 1. The van der Waals surface area contributed by atoms with Gasteiger partial charge in [-0.25, -0.2) is 0 Å². The van der Waals surface area contributed by atoms with E-state index in [-0.39, 0.29) is 23.1 Å². The van der Waals surface area contributed by atoms with Crippen LogP contribution in [0.2, 0.25) is 0 Å². The lowest BCUT2D eigenvalue weighted by Crippen LogP contribution is -2.26. The number of methoxy groups -OCH3 is 1. The van der Waals surface area contributed by atoms with E-state index < -0.39 is 23.7 Å². The number of carbonyl (C=O) groups excluding carboxylic acids is 1. The first-order chi connectivity index (χ1) is 11.9. The topological polar surface area (TPSA) is 110 Å². The normalized spacial score (nSPS) is 18.8. The maximum absolute atomic E-state index is 12.3. The Bertz CT molecular complexity index is 726. The number of amides is 1. The van der Waals surface area contributed by atoms with Crippen LogP contribution in [-0.2, 0) is 9.59 Å². The average molecular weight is 373 g/mol. The number of carboxylic acid groups (broad SMARTS) is 1. The molecule has 2 rings (SSSR count). The van der Waals surface area contributed by atoms with Crippen molar-refractivity contribution in [3.63, 3.8) is 0 Å². The van der Waals surface area contributed by atoms with Gasteiger partial charge in [-0.05, 0) is 23.8 Å². The summed E-state index contributed by atoms with van der Waals surface area (Å²) in [5.74, 6) is -1.55. The van der Waals surface area contributed by atoms with Crippen molar-refractivity contribution in [2.45, 2.75) is 18.3 Å². The van der Waals surface area contributed by atoms with Crippen LogP contribution in [0.1, 0.15) is 12.0 Å². The van der Waals surface area contributed by atoms with Gasteiger partial charge in [0.25, 0.3) is 0 Å². The summed E-state index contributed by atoms with van der Waals surface area (Å²) in [6.07, 6.45) is 1.00. The Labute approximate surface area is 144 Å². The molecule has 8 nitrogen and oxygen atoms in total. The molecule has 1 fully saturated rings. The molecule has 2 N–H and O–H groups in total. The Balaban J connectivity index is 2.04. The van der Waals surface area contributed by atoms with Gasteiger partial charge < -0.3 is 19.9 Å². The molecule has 0 bridgehead atoms. The van der Waals surface area contributed by atoms with Crippen LogP contribution in [-0.4, -0.2) is 47.3 Å². The second-order valence-corrected chi connectivity index (χ2v) is 5.82. The molecule has 1 unspecified atom stereocenters. The van der Waals surface area contributed by atoms with E-state index >= 15 is 0 Å². The number of amidine groups is 1. The van der Waals surface area contributed by atoms with Crippen molar-refractivity contribution in [3.05, 3.63) is 23.8 Å². The molecule has 1 saturated heterocycles. The zero-order chi connectivity index (χ0) is 18.4. The molecule has 1 heterocycles. The van der Waals surface area contributed by atoms with Crippen LogP contribution in [0.4, 0.5) is 8.78 Å². The number of hydrogen-bond donors (Lipinski definition) is 2. The van der Waals surface area contributed by atoms with Gasteiger partial charge in [-0.2, -0.15) is 13.9 Å². The van der Waals surface area contributed by atoms with E-state index in [4.69, 9.17) is 9.84 Å². The lowest BCUT2D eigenvalue weighted by molar-refractivity contribution is -0.138. The molecule has 0 radical (unpaired) electrons. The highest BCUT2D eigenvalue weighted by Crippen LogP contribution is 2.29. The first kappa shape index (κ1) is 18.6. The number of nitrogens with zero attached hydrogens (tertiary/aromatic N) is 2.